The zero-order valence-corrected chi connectivity index (χ0v) is 16.8. The van der Waals surface area contributed by atoms with Crippen molar-refractivity contribution in [2.24, 2.45) is 11.8 Å². The molecule has 5 rings (SSSR count). The molecule has 2 aromatic rings. The number of imide groups is 1. The number of carbonyl (C=O) groups is 3. The van der Waals surface area contributed by atoms with Crippen LogP contribution in [0.1, 0.15) is 16.2 Å². The number of likely N-dealkylation sites (tertiary alicyclic amines) is 1. The third-order valence-corrected chi connectivity index (χ3v) is 6.49. The predicted octanol–water partition coefficient (Wildman–Crippen LogP) is 2.01. The number of anilines is 1. The lowest BCUT2D eigenvalue weighted by Crippen LogP contribution is -2.33. The maximum atomic E-state index is 12.7. The van der Waals surface area contributed by atoms with E-state index in [1.807, 2.05) is 41.3 Å². The molecule has 3 fully saturated rings. The van der Waals surface area contributed by atoms with E-state index in [9.17, 15) is 14.4 Å². The average molecular weight is 421 g/mol. The van der Waals surface area contributed by atoms with Crippen LogP contribution in [0.2, 0.25) is 0 Å². The number of hydrogen-bond acceptors (Lipinski definition) is 7. The quantitative estimate of drug-likeness (QED) is 0.758. The van der Waals surface area contributed by atoms with Crippen LogP contribution in [0.3, 0.4) is 0 Å². The third-order valence-electron chi connectivity index (χ3n) is 5.68. The van der Waals surface area contributed by atoms with Crippen LogP contribution in [0.4, 0.5) is 10.6 Å². The molecule has 2 unspecified atom stereocenters. The van der Waals surface area contributed by atoms with Gasteiger partial charge in [0.05, 0.1) is 4.91 Å². The Labute approximate surface area is 177 Å². The molecule has 3 amide bonds. The molecule has 0 radical (unpaired) electrons. The highest BCUT2D eigenvalue weighted by molar-refractivity contribution is 8.18. The molecule has 3 aliphatic rings. The van der Waals surface area contributed by atoms with Crippen molar-refractivity contribution in [3.05, 3.63) is 58.9 Å². The van der Waals surface area contributed by atoms with Crippen LogP contribution < -0.4 is 10.2 Å². The van der Waals surface area contributed by atoms with Crippen LogP contribution in [0.5, 0.6) is 0 Å². The molecule has 0 aliphatic carbocycles. The van der Waals surface area contributed by atoms with Crippen LogP contribution in [0, 0.1) is 11.8 Å². The first-order valence-electron chi connectivity index (χ1n) is 9.74. The fraction of sp³-hybridized carbons (Fsp3) is 0.286. The van der Waals surface area contributed by atoms with Gasteiger partial charge in [0.25, 0.3) is 17.1 Å². The first-order chi connectivity index (χ1) is 14.6. The number of benzene rings is 1. The number of aromatic nitrogens is 2. The Morgan fingerprint density at radius 2 is 1.80 bits per heavy atom. The molecule has 1 aromatic heterocycles. The normalized spacial score (nSPS) is 24.5. The van der Waals surface area contributed by atoms with Gasteiger partial charge < -0.3 is 9.80 Å². The van der Waals surface area contributed by atoms with Crippen molar-refractivity contribution in [1.82, 2.24) is 20.2 Å². The summed E-state index contributed by atoms with van der Waals surface area (Å²) in [4.78, 5) is 49.0. The van der Waals surface area contributed by atoms with Gasteiger partial charge in [0.2, 0.25) is 0 Å². The molecule has 8 nitrogen and oxygen atoms in total. The summed E-state index contributed by atoms with van der Waals surface area (Å²) in [7, 11) is 0. The number of rotatable bonds is 3. The molecule has 0 bridgehead atoms. The maximum Gasteiger partial charge on any atom is 0.290 e. The maximum absolute atomic E-state index is 12.7. The molecule has 1 aromatic carbocycles. The zero-order valence-electron chi connectivity index (χ0n) is 16.0. The van der Waals surface area contributed by atoms with Crippen LogP contribution in [0.15, 0.2) is 47.5 Å². The fourth-order valence-electron chi connectivity index (χ4n) is 4.26. The van der Waals surface area contributed by atoms with Crippen LogP contribution in [-0.2, 0) is 4.79 Å². The summed E-state index contributed by atoms with van der Waals surface area (Å²) in [6.45, 7) is 3.14. The van der Waals surface area contributed by atoms with Crippen molar-refractivity contribution in [2.45, 2.75) is 0 Å². The number of hydrogen-bond donors (Lipinski definition) is 1. The van der Waals surface area contributed by atoms with Gasteiger partial charge in [-0.2, -0.15) is 0 Å². The highest BCUT2D eigenvalue weighted by atomic mass is 32.2. The van der Waals surface area contributed by atoms with Crippen molar-refractivity contribution in [2.75, 3.05) is 31.1 Å². The van der Waals surface area contributed by atoms with Crippen LogP contribution >= 0.6 is 11.8 Å². The minimum Gasteiger partial charge on any atom is -0.356 e. The smallest absolute Gasteiger partial charge is 0.290 e. The van der Waals surface area contributed by atoms with Gasteiger partial charge in [-0.15, -0.1) is 0 Å². The molecule has 30 heavy (non-hydrogen) atoms. The van der Waals surface area contributed by atoms with E-state index in [2.05, 4.69) is 20.2 Å². The predicted molar refractivity (Wildman–Crippen MR) is 113 cm³/mol. The highest BCUT2D eigenvalue weighted by Crippen LogP contribution is 2.34. The summed E-state index contributed by atoms with van der Waals surface area (Å²) < 4.78 is 0. The molecule has 1 N–H and O–H groups in total. The van der Waals surface area contributed by atoms with E-state index in [1.54, 1.807) is 6.20 Å². The van der Waals surface area contributed by atoms with Gasteiger partial charge in [-0.3, -0.25) is 19.7 Å². The second kappa shape index (κ2) is 7.56. The fourth-order valence-corrected chi connectivity index (χ4v) is 4.91. The SMILES string of the molecule is O=C1NC(=O)/C(=C\c2nccc(N3CC4CN(C(=O)c5ccccc5)CC4C3)n2)S1. The summed E-state index contributed by atoms with van der Waals surface area (Å²) >= 11 is 0.852. The Hall–Kier alpha value is -3.20. The molecular weight excluding hydrogens is 402 g/mol. The van der Waals surface area contributed by atoms with Gasteiger partial charge in [0.15, 0.2) is 5.82 Å². The molecule has 9 heteroatoms. The second-order valence-corrected chi connectivity index (χ2v) is 8.64. The lowest BCUT2D eigenvalue weighted by molar-refractivity contribution is -0.115. The standard InChI is InChI=1S/C21H19N5O3S/c27-19-16(30-21(29)24-19)8-17-22-7-6-18(23-17)25-9-14-11-26(12-15(14)10-25)20(28)13-4-2-1-3-5-13/h1-8,14-15H,9-12H2,(H,24,27,29)/b16-8+. The Bertz CT molecular complexity index is 1040. The molecule has 0 saturated carbocycles. The van der Waals surface area contributed by atoms with Gasteiger partial charge in [0, 0.05) is 55.9 Å². The number of fused-ring (bicyclic) bond motifs is 1. The molecular formula is C21H19N5O3S. The minimum absolute atomic E-state index is 0.0920. The summed E-state index contributed by atoms with van der Waals surface area (Å²) in [5.41, 5.74) is 0.732. The molecule has 3 saturated heterocycles. The first-order valence-corrected chi connectivity index (χ1v) is 10.6. The summed E-state index contributed by atoms with van der Waals surface area (Å²) in [5, 5.41) is 1.84. The molecule has 4 heterocycles. The van der Waals surface area contributed by atoms with E-state index in [4.69, 9.17) is 0 Å². The van der Waals surface area contributed by atoms with E-state index in [0.717, 1.165) is 49.3 Å². The number of nitrogens with one attached hydrogen (secondary N) is 1. The van der Waals surface area contributed by atoms with Crippen LogP contribution in [0.25, 0.3) is 6.08 Å². The van der Waals surface area contributed by atoms with Crippen molar-refractivity contribution < 1.29 is 14.4 Å². The van der Waals surface area contributed by atoms with Crippen molar-refractivity contribution >= 4 is 40.7 Å². The topological polar surface area (TPSA) is 95.5 Å². The Morgan fingerprint density at radius 3 is 2.47 bits per heavy atom. The second-order valence-electron chi connectivity index (χ2n) is 7.63. The molecule has 152 valence electrons. The van der Waals surface area contributed by atoms with Crippen molar-refractivity contribution in [1.29, 1.82) is 0 Å². The van der Waals surface area contributed by atoms with E-state index in [1.165, 1.54) is 6.08 Å². The van der Waals surface area contributed by atoms with Gasteiger partial charge in [0.1, 0.15) is 5.82 Å². The van der Waals surface area contributed by atoms with Gasteiger partial charge in [-0.25, -0.2) is 9.97 Å². The monoisotopic (exact) mass is 421 g/mol. The number of carbonyl (C=O) groups excluding carboxylic acids is 3. The third kappa shape index (κ3) is 3.56. The first kappa shape index (κ1) is 18.8. The molecule has 3 aliphatic heterocycles. The summed E-state index contributed by atoms with van der Waals surface area (Å²) in [5.74, 6) is 1.68. The van der Waals surface area contributed by atoms with E-state index >= 15 is 0 Å². The van der Waals surface area contributed by atoms with Gasteiger partial charge in [-0.05, 0) is 30.0 Å². The van der Waals surface area contributed by atoms with Crippen molar-refractivity contribution in [3.63, 3.8) is 0 Å². The van der Waals surface area contributed by atoms with E-state index < -0.39 is 5.91 Å². The minimum atomic E-state index is -0.419. The lowest BCUT2D eigenvalue weighted by atomic mass is 10.0. The van der Waals surface area contributed by atoms with Gasteiger partial charge in [-0.1, -0.05) is 18.2 Å². The Kier molecular flexibility index (Phi) is 4.74. The average Bonchev–Trinajstić information content (AvgIpc) is 3.41. The summed E-state index contributed by atoms with van der Waals surface area (Å²) in [6, 6.07) is 11.2. The number of amides is 3. The number of nitrogens with zero attached hydrogens (tertiary/aromatic N) is 4. The van der Waals surface area contributed by atoms with E-state index in [0.29, 0.717) is 22.6 Å². The largest absolute Gasteiger partial charge is 0.356 e. The Morgan fingerprint density at radius 1 is 1.07 bits per heavy atom. The zero-order chi connectivity index (χ0) is 20.7. The van der Waals surface area contributed by atoms with E-state index in [-0.39, 0.29) is 11.1 Å². The summed E-state index contributed by atoms with van der Waals surface area (Å²) in [6.07, 6.45) is 3.19. The van der Waals surface area contributed by atoms with Crippen LogP contribution in [-0.4, -0.2) is 58.1 Å². The lowest BCUT2D eigenvalue weighted by Gasteiger charge is -2.22. The Balaban J connectivity index is 1.26. The molecule has 2 atom stereocenters. The highest BCUT2D eigenvalue weighted by Gasteiger charge is 2.42. The van der Waals surface area contributed by atoms with Crippen molar-refractivity contribution in [3.8, 4) is 0 Å². The molecule has 0 spiro atoms. The number of thioether (sulfide) groups is 1. The van der Waals surface area contributed by atoms with Gasteiger partial charge >= 0.3 is 0 Å².